The molecular weight excluding hydrogens is 406 g/mol. The molecule has 0 aliphatic carbocycles. The van der Waals surface area contributed by atoms with Gasteiger partial charge in [-0.1, -0.05) is 0 Å². The Morgan fingerprint density at radius 3 is 2.60 bits per heavy atom. The highest BCUT2D eigenvalue weighted by molar-refractivity contribution is 9.10. The van der Waals surface area contributed by atoms with Crippen LogP contribution in [0.1, 0.15) is 32.0 Å². The summed E-state index contributed by atoms with van der Waals surface area (Å²) in [5, 5.41) is 4.63. The third kappa shape index (κ3) is 6.18. The van der Waals surface area contributed by atoms with Crippen LogP contribution in [0.25, 0.3) is 0 Å². The van der Waals surface area contributed by atoms with Crippen LogP contribution in [-0.2, 0) is 29.2 Å². The lowest BCUT2D eigenvalue weighted by molar-refractivity contribution is 0.0223. The number of aromatic nitrogens is 2. The van der Waals surface area contributed by atoms with E-state index in [-0.39, 0.29) is 6.09 Å². The van der Waals surface area contributed by atoms with E-state index in [9.17, 15) is 4.79 Å². The molecule has 0 radical (unpaired) electrons. The second-order valence-electron chi connectivity index (χ2n) is 8.20. The molecule has 0 atom stereocenters. The predicted molar refractivity (Wildman–Crippen MR) is 106 cm³/mol. The molecule has 0 bridgehead atoms. The van der Waals surface area contributed by atoms with Crippen LogP contribution in [0.15, 0.2) is 4.60 Å². The van der Waals surface area contributed by atoms with E-state index in [0.29, 0.717) is 19.8 Å². The molecule has 25 heavy (non-hydrogen) atoms. The number of halogens is 1. The van der Waals surface area contributed by atoms with Crippen molar-refractivity contribution in [1.82, 2.24) is 14.7 Å². The summed E-state index contributed by atoms with van der Waals surface area (Å²) in [6.45, 7) is 7.94. The zero-order valence-electron chi connectivity index (χ0n) is 16.1. The molecule has 8 heteroatoms. The van der Waals surface area contributed by atoms with Crippen molar-refractivity contribution in [2.24, 2.45) is 0 Å². The number of hydrogen-bond acceptors (Lipinski definition) is 4. The van der Waals surface area contributed by atoms with Gasteiger partial charge in [-0.15, -0.1) is 0 Å². The van der Waals surface area contributed by atoms with Crippen molar-refractivity contribution < 1.29 is 14.3 Å². The van der Waals surface area contributed by atoms with E-state index in [1.807, 2.05) is 25.5 Å². The van der Waals surface area contributed by atoms with Gasteiger partial charge in [-0.25, -0.2) is 19.5 Å². The normalized spacial score (nSPS) is 15.9. The number of carbonyl (C=O) groups is 1. The maximum absolute atomic E-state index is 12.3. The molecule has 1 aromatic heterocycles. The summed E-state index contributed by atoms with van der Waals surface area (Å²) in [5.41, 5.74) is 1.58. The van der Waals surface area contributed by atoms with Crippen molar-refractivity contribution in [3.05, 3.63) is 15.9 Å². The molecule has 6 nitrogen and oxygen atoms in total. The molecule has 1 aliphatic heterocycles. The standard InChI is InChI=1S/C17H30BrN3O3S/c1-17(2,3)24-16(22)20-8-7-14-13(11-20)15(18)21(19-14)12-23-9-10-25(4,5)6/h7-12H2,1-6H3. The van der Waals surface area contributed by atoms with Crippen LogP contribution >= 0.6 is 26.0 Å². The van der Waals surface area contributed by atoms with Gasteiger partial charge in [0.1, 0.15) is 16.9 Å². The molecular formula is C17H30BrN3O3S. The highest BCUT2D eigenvalue weighted by Gasteiger charge is 2.29. The van der Waals surface area contributed by atoms with E-state index in [4.69, 9.17) is 9.47 Å². The summed E-state index contributed by atoms with van der Waals surface area (Å²) in [6, 6.07) is 0. The average molecular weight is 436 g/mol. The van der Waals surface area contributed by atoms with Crippen LogP contribution in [0.3, 0.4) is 0 Å². The van der Waals surface area contributed by atoms with E-state index < -0.39 is 15.6 Å². The maximum atomic E-state index is 12.3. The van der Waals surface area contributed by atoms with Crippen molar-refractivity contribution in [2.45, 2.75) is 46.1 Å². The Hall–Kier alpha value is -0.730. The summed E-state index contributed by atoms with van der Waals surface area (Å²) >= 11 is 3.61. The van der Waals surface area contributed by atoms with Gasteiger partial charge in [-0.05, 0) is 55.5 Å². The van der Waals surface area contributed by atoms with Crippen LogP contribution in [0.4, 0.5) is 4.79 Å². The van der Waals surface area contributed by atoms with Crippen molar-refractivity contribution in [3.8, 4) is 0 Å². The summed E-state index contributed by atoms with van der Waals surface area (Å²) in [4.78, 5) is 14.0. The highest BCUT2D eigenvalue weighted by Crippen LogP contribution is 2.33. The fourth-order valence-corrected chi connectivity index (χ4v) is 3.57. The molecule has 0 saturated heterocycles. The fraction of sp³-hybridized carbons (Fsp3) is 0.765. The molecule has 0 N–H and O–H groups in total. The van der Waals surface area contributed by atoms with Crippen molar-refractivity contribution in [1.29, 1.82) is 0 Å². The molecule has 2 heterocycles. The topological polar surface area (TPSA) is 56.6 Å². The molecule has 0 unspecified atom stereocenters. The van der Waals surface area contributed by atoms with Gasteiger partial charge >= 0.3 is 6.09 Å². The molecule has 1 aromatic rings. The maximum Gasteiger partial charge on any atom is 0.410 e. The minimum Gasteiger partial charge on any atom is -0.444 e. The molecule has 0 fully saturated rings. The molecule has 1 aliphatic rings. The number of hydrogen-bond donors (Lipinski definition) is 0. The van der Waals surface area contributed by atoms with E-state index in [0.717, 1.165) is 34.6 Å². The van der Waals surface area contributed by atoms with Gasteiger partial charge in [0.05, 0.1) is 18.8 Å². The Bertz CT molecular complexity index is 620. The van der Waals surface area contributed by atoms with Crippen LogP contribution in [0.5, 0.6) is 0 Å². The zero-order valence-corrected chi connectivity index (χ0v) is 18.5. The van der Waals surface area contributed by atoms with Crippen LogP contribution in [0.2, 0.25) is 0 Å². The lowest BCUT2D eigenvalue weighted by Crippen LogP contribution is -2.39. The van der Waals surface area contributed by atoms with Gasteiger partial charge in [0.25, 0.3) is 0 Å². The summed E-state index contributed by atoms with van der Waals surface area (Å²) < 4.78 is 14.0. The third-order valence-electron chi connectivity index (χ3n) is 3.74. The first-order valence-electron chi connectivity index (χ1n) is 8.42. The molecule has 1 amide bonds. The molecule has 0 spiro atoms. The van der Waals surface area contributed by atoms with Gasteiger partial charge in [-0.3, -0.25) is 0 Å². The number of carbonyl (C=O) groups excluding carboxylic acids is 1. The minimum atomic E-state index is -0.547. The van der Waals surface area contributed by atoms with E-state index in [1.54, 1.807) is 4.90 Å². The Balaban J connectivity index is 1.96. The van der Waals surface area contributed by atoms with Crippen LogP contribution < -0.4 is 0 Å². The lowest BCUT2D eigenvalue weighted by atomic mass is 10.1. The first-order chi connectivity index (χ1) is 11.5. The van der Waals surface area contributed by atoms with Gasteiger partial charge in [-0.2, -0.15) is 5.10 Å². The van der Waals surface area contributed by atoms with Crippen molar-refractivity contribution in [2.75, 3.05) is 37.7 Å². The summed E-state index contributed by atoms with van der Waals surface area (Å²) in [6.07, 6.45) is 7.30. The Kier molecular flexibility index (Phi) is 6.49. The Labute approximate surface area is 160 Å². The number of amides is 1. The van der Waals surface area contributed by atoms with Crippen LogP contribution in [0, 0.1) is 0 Å². The van der Waals surface area contributed by atoms with Crippen LogP contribution in [-0.4, -0.2) is 64.0 Å². The largest absolute Gasteiger partial charge is 0.444 e. The predicted octanol–water partition coefficient (Wildman–Crippen LogP) is 3.61. The van der Waals surface area contributed by atoms with Gasteiger partial charge in [0.15, 0.2) is 0 Å². The second-order valence-corrected chi connectivity index (χ2v) is 13.5. The highest BCUT2D eigenvalue weighted by atomic mass is 79.9. The first kappa shape index (κ1) is 20.6. The van der Waals surface area contributed by atoms with E-state index in [1.165, 1.54) is 0 Å². The van der Waals surface area contributed by atoms with E-state index in [2.05, 4.69) is 39.8 Å². The van der Waals surface area contributed by atoms with Crippen molar-refractivity contribution >= 4 is 32.1 Å². The van der Waals surface area contributed by atoms with Gasteiger partial charge in [0.2, 0.25) is 0 Å². The molecule has 0 aromatic carbocycles. The number of fused-ring (bicyclic) bond motifs is 1. The van der Waals surface area contributed by atoms with Gasteiger partial charge in [0, 0.05) is 24.3 Å². The lowest BCUT2D eigenvalue weighted by Gasteiger charge is -2.29. The summed E-state index contributed by atoms with van der Waals surface area (Å²) in [7, 11) is -0.547. The smallest absolute Gasteiger partial charge is 0.410 e. The second kappa shape index (κ2) is 7.88. The van der Waals surface area contributed by atoms with Gasteiger partial charge < -0.3 is 14.4 Å². The Morgan fingerprint density at radius 2 is 2.00 bits per heavy atom. The zero-order chi connectivity index (χ0) is 18.8. The minimum absolute atomic E-state index is 0.276. The fourth-order valence-electron chi connectivity index (χ4n) is 2.42. The molecule has 2 rings (SSSR count). The number of nitrogens with zero attached hydrogens (tertiary/aromatic N) is 3. The number of rotatable bonds is 5. The number of ether oxygens (including phenoxy) is 2. The molecule has 144 valence electrons. The Morgan fingerprint density at radius 1 is 1.32 bits per heavy atom. The summed E-state index contributed by atoms with van der Waals surface area (Å²) in [5.74, 6) is 1.08. The van der Waals surface area contributed by atoms with E-state index >= 15 is 0 Å². The third-order valence-corrected chi connectivity index (χ3v) is 6.02. The average Bonchev–Trinajstić information content (AvgIpc) is 2.77. The SMILES string of the molecule is CC(C)(C)OC(=O)N1CCc2nn(COCCS(C)(C)C)c(Br)c2C1. The quantitative estimate of drug-likeness (QED) is 0.662. The monoisotopic (exact) mass is 435 g/mol. The van der Waals surface area contributed by atoms with Crippen molar-refractivity contribution in [3.63, 3.8) is 0 Å². The molecule has 0 saturated carbocycles. The first-order valence-corrected chi connectivity index (χ1v) is 12.2.